The molecule has 5 nitrogen and oxygen atoms in total. The van der Waals surface area contributed by atoms with E-state index < -0.39 is 9.84 Å². The van der Waals surface area contributed by atoms with Crippen molar-refractivity contribution in [2.24, 2.45) is 0 Å². The highest BCUT2D eigenvalue weighted by molar-refractivity contribution is 7.90. The van der Waals surface area contributed by atoms with Gasteiger partial charge in [-0.05, 0) is 26.0 Å². The third-order valence-corrected chi connectivity index (χ3v) is 4.64. The predicted octanol–water partition coefficient (Wildman–Crippen LogP) is 2.17. The number of thiazole rings is 1. The first kappa shape index (κ1) is 14.0. The molecular formula is C12H15N3O2S2. The molecule has 0 aliphatic carbocycles. The Morgan fingerprint density at radius 1 is 1.32 bits per heavy atom. The van der Waals surface area contributed by atoms with E-state index in [1.54, 1.807) is 17.4 Å². The minimum atomic E-state index is -3.24. The van der Waals surface area contributed by atoms with Crippen molar-refractivity contribution in [2.75, 3.05) is 11.6 Å². The number of hydrogen-bond acceptors (Lipinski definition) is 6. The minimum absolute atomic E-state index is 0.0860. The van der Waals surface area contributed by atoms with Crippen molar-refractivity contribution in [1.82, 2.24) is 9.97 Å². The van der Waals surface area contributed by atoms with Gasteiger partial charge < -0.3 is 5.32 Å². The number of aromatic nitrogens is 2. The molecule has 0 spiro atoms. The van der Waals surface area contributed by atoms with E-state index in [4.69, 9.17) is 0 Å². The number of anilines is 1. The largest absolute Gasteiger partial charge is 0.379 e. The number of pyridine rings is 1. The zero-order valence-electron chi connectivity index (χ0n) is 11.0. The fourth-order valence-electron chi connectivity index (χ4n) is 1.62. The molecule has 0 aliphatic rings. The van der Waals surface area contributed by atoms with Crippen LogP contribution < -0.4 is 5.32 Å². The Labute approximate surface area is 116 Å². The summed E-state index contributed by atoms with van der Waals surface area (Å²) >= 11 is 1.65. The van der Waals surface area contributed by atoms with Gasteiger partial charge >= 0.3 is 0 Å². The summed E-state index contributed by atoms with van der Waals surface area (Å²) in [6, 6.07) is 3.22. The molecule has 0 amide bonds. The van der Waals surface area contributed by atoms with Crippen LogP contribution in [0.25, 0.3) is 0 Å². The van der Waals surface area contributed by atoms with Crippen LogP contribution in [0.1, 0.15) is 15.6 Å². The van der Waals surface area contributed by atoms with Crippen LogP contribution in [0.15, 0.2) is 23.4 Å². The van der Waals surface area contributed by atoms with E-state index in [1.165, 1.54) is 17.1 Å². The molecule has 102 valence electrons. The van der Waals surface area contributed by atoms with Crippen molar-refractivity contribution in [1.29, 1.82) is 0 Å². The van der Waals surface area contributed by atoms with E-state index in [2.05, 4.69) is 15.3 Å². The maximum atomic E-state index is 11.3. The SMILES string of the molecule is Cc1nc(C)c(CNc2ccc(S(C)(=O)=O)nc2)s1. The van der Waals surface area contributed by atoms with Crippen molar-refractivity contribution in [3.05, 3.63) is 33.9 Å². The lowest BCUT2D eigenvalue weighted by atomic mass is 10.3. The maximum Gasteiger partial charge on any atom is 0.192 e. The van der Waals surface area contributed by atoms with Crippen LogP contribution in [0, 0.1) is 13.8 Å². The third kappa shape index (κ3) is 3.51. The molecule has 0 saturated heterocycles. The third-order valence-electron chi connectivity index (χ3n) is 2.57. The monoisotopic (exact) mass is 297 g/mol. The lowest BCUT2D eigenvalue weighted by Crippen LogP contribution is -2.03. The van der Waals surface area contributed by atoms with E-state index in [0.29, 0.717) is 6.54 Å². The average Bonchev–Trinajstić information content (AvgIpc) is 2.65. The lowest BCUT2D eigenvalue weighted by Gasteiger charge is -2.05. The normalized spacial score (nSPS) is 11.5. The molecule has 0 aromatic carbocycles. The van der Waals surface area contributed by atoms with E-state index in [1.807, 2.05) is 13.8 Å². The quantitative estimate of drug-likeness (QED) is 0.936. The number of nitrogens with zero attached hydrogens (tertiary/aromatic N) is 2. The van der Waals surface area contributed by atoms with Crippen LogP contribution in [0.4, 0.5) is 5.69 Å². The number of nitrogens with one attached hydrogen (secondary N) is 1. The maximum absolute atomic E-state index is 11.3. The first-order valence-electron chi connectivity index (χ1n) is 5.69. The van der Waals surface area contributed by atoms with Crippen molar-refractivity contribution in [3.63, 3.8) is 0 Å². The van der Waals surface area contributed by atoms with Gasteiger partial charge in [-0.25, -0.2) is 18.4 Å². The van der Waals surface area contributed by atoms with E-state index in [0.717, 1.165) is 22.6 Å². The molecule has 1 N–H and O–H groups in total. The molecule has 0 radical (unpaired) electrons. The second-order valence-electron chi connectivity index (χ2n) is 4.25. The first-order chi connectivity index (χ1) is 8.86. The Kier molecular flexibility index (Phi) is 3.86. The van der Waals surface area contributed by atoms with Crippen LogP contribution in [-0.4, -0.2) is 24.6 Å². The summed E-state index contributed by atoms with van der Waals surface area (Å²) in [5.41, 5.74) is 1.81. The Morgan fingerprint density at radius 2 is 2.05 bits per heavy atom. The number of rotatable bonds is 4. The fourth-order valence-corrected chi connectivity index (χ4v) is 3.06. The summed E-state index contributed by atoms with van der Waals surface area (Å²) in [4.78, 5) is 9.45. The zero-order valence-corrected chi connectivity index (χ0v) is 12.6. The van der Waals surface area contributed by atoms with Gasteiger partial charge in [0.2, 0.25) is 0 Å². The predicted molar refractivity (Wildman–Crippen MR) is 76.3 cm³/mol. The summed E-state index contributed by atoms with van der Waals surface area (Å²) < 4.78 is 22.6. The molecule has 0 saturated carbocycles. The first-order valence-corrected chi connectivity index (χ1v) is 8.40. The highest BCUT2D eigenvalue weighted by Gasteiger charge is 2.08. The van der Waals surface area contributed by atoms with Crippen LogP contribution >= 0.6 is 11.3 Å². The minimum Gasteiger partial charge on any atom is -0.379 e. The van der Waals surface area contributed by atoms with Crippen LogP contribution in [0.3, 0.4) is 0 Å². The van der Waals surface area contributed by atoms with Crippen LogP contribution in [0.2, 0.25) is 0 Å². The second-order valence-corrected chi connectivity index (χ2v) is 7.50. The van der Waals surface area contributed by atoms with Gasteiger partial charge in [-0.3, -0.25) is 0 Å². The smallest absolute Gasteiger partial charge is 0.192 e. The zero-order chi connectivity index (χ0) is 14.0. The Bertz CT molecular complexity index is 676. The molecule has 0 unspecified atom stereocenters. The molecule has 2 aromatic rings. The van der Waals surface area contributed by atoms with Crippen LogP contribution in [-0.2, 0) is 16.4 Å². The number of sulfone groups is 1. The van der Waals surface area contributed by atoms with Gasteiger partial charge in [-0.15, -0.1) is 11.3 Å². The van der Waals surface area contributed by atoms with E-state index in [-0.39, 0.29) is 5.03 Å². The lowest BCUT2D eigenvalue weighted by molar-refractivity contribution is 0.598. The van der Waals surface area contributed by atoms with Gasteiger partial charge in [0.05, 0.1) is 29.1 Å². The number of hydrogen-bond donors (Lipinski definition) is 1. The summed E-state index contributed by atoms with van der Waals surface area (Å²) in [7, 11) is -3.24. The summed E-state index contributed by atoms with van der Waals surface area (Å²) in [5.74, 6) is 0. The number of aryl methyl sites for hydroxylation is 2. The topological polar surface area (TPSA) is 72.0 Å². The highest BCUT2D eigenvalue weighted by Crippen LogP contribution is 2.19. The summed E-state index contributed by atoms with van der Waals surface area (Å²) in [6.45, 7) is 4.62. The Morgan fingerprint density at radius 3 is 2.53 bits per heavy atom. The van der Waals surface area contributed by atoms with E-state index >= 15 is 0 Å². The van der Waals surface area contributed by atoms with Gasteiger partial charge in [-0.2, -0.15) is 0 Å². The van der Waals surface area contributed by atoms with Gasteiger partial charge in [-0.1, -0.05) is 0 Å². The Balaban J connectivity index is 2.07. The van der Waals surface area contributed by atoms with Gasteiger partial charge in [0.15, 0.2) is 14.9 Å². The summed E-state index contributed by atoms with van der Waals surface area (Å²) in [5, 5.41) is 4.33. The van der Waals surface area contributed by atoms with Gasteiger partial charge in [0.25, 0.3) is 0 Å². The summed E-state index contributed by atoms with van der Waals surface area (Å²) in [6.07, 6.45) is 2.67. The molecule has 2 rings (SSSR count). The molecule has 0 fully saturated rings. The molecule has 0 aliphatic heterocycles. The molecule has 0 bridgehead atoms. The molecule has 0 atom stereocenters. The fraction of sp³-hybridized carbons (Fsp3) is 0.333. The standard InChI is InChI=1S/C12H15N3O2S2/c1-8-11(18-9(2)15-8)7-13-10-4-5-12(14-6-10)19(3,16)17/h4-6,13H,7H2,1-3H3. The Hall–Kier alpha value is -1.47. The van der Waals surface area contributed by atoms with Crippen molar-refractivity contribution < 1.29 is 8.42 Å². The van der Waals surface area contributed by atoms with Gasteiger partial charge in [0, 0.05) is 11.1 Å². The molecular weight excluding hydrogens is 282 g/mol. The van der Waals surface area contributed by atoms with Gasteiger partial charge in [0.1, 0.15) is 0 Å². The second kappa shape index (κ2) is 5.26. The molecule has 2 aromatic heterocycles. The highest BCUT2D eigenvalue weighted by atomic mass is 32.2. The molecule has 7 heteroatoms. The van der Waals surface area contributed by atoms with Crippen LogP contribution in [0.5, 0.6) is 0 Å². The van der Waals surface area contributed by atoms with Crippen molar-refractivity contribution >= 4 is 26.9 Å². The average molecular weight is 297 g/mol. The van der Waals surface area contributed by atoms with Crippen molar-refractivity contribution in [2.45, 2.75) is 25.4 Å². The van der Waals surface area contributed by atoms with E-state index in [9.17, 15) is 8.42 Å². The molecule has 19 heavy (non-hydrogen) atoms. The molecule has 2 heterocycles. The van der Waals surface area contributed by atoms with Crippen molar-refractivity contribution in [3.8, 4) is 0 Å².